The number of hydrogen-bond acceptors (Lipinski definition) is 2. The highest BCUT2D eigenvalue weighted by Gasteiger charge is 2.06. The number of carbonyl (C=O) groups is 2. The highest BCUT2D eigenvalue weighted by molar-refractivity contribution is 5.94. The summed E-state index contributed by atoms with van der Waals surface area (Å²) >= 11 is 0. The van der Waals surface area contributed by atoms with Gasteiger partial charge in [0.2, 0.25) is 0 Å². The average molecular weight is 441 g/mol. The molecule has 0 heterocycles. The monoisotopic (exact) mass is 440 g/mol. The lowest BCUT2D eigenvalue weighted by molar-refractivity contribution is -0.114. The van der Waals surface area contributed by atoms with Gasteiger partial charge in [-0.05, 0) is 101 Å². The number of carbonyl (C=O) groups excluding carboxylic acids is 2. The van der Waals surface area contributed by atoms with Gasteiger partial charge in [-0.2, -0.15) is 0 Å². The summed E-state index contributed by atoms with van der Waals surface area (Å²) in [5.74, 6) is -1.73. The number of ketones is 2. The highest BCUT2D eigenvalue weighted by atomic mass is 19.1. The lowest BCUT2D eigenvalue weighted by Gasteiger charge is -2.04. The Bertz CT molecular complexity index is 1020. The largest absolute Gasteiger partial charge is 0.295 e. The minimum absolute atomic E-state index is 0.0719. The van der Waals surface area contributed by atoms with Gasteiger partial charge in [-0.15, -0.1) is 0 Å². The molecule has 0 N–H and O–H groups in total. The van der Waals surface area contributed by atoms with E-state index in [0.29, 0.717) is 16.7 Å². The Morgan fingerprint density at radius 1 is 0.562 bits per heavy atom. The minimum Gasteiger partial charge on any atom is -0.295 e. The second-order valence-electron chi connectivity index (χ2n) is 7.80. The maximum Gasteiger partial charge on any atom is 0.158 e. The van der Waals surface area contributed by atoms with Crippen molar-refractivity contribution in [3.63, 3.8) is 0 Å². The molecule has 0 aromatic carbocycles. The first kappa shape index (κ1) is 28.9. The molecule has 0 atom stereocenters. The van der Waals surface area contributed by atoms with Gasteiger partial charge < -0.3 is 0 Å². The van der Waals surface area contributed by atoms with E-state index in [1.165, 1.54) is 39.8 Å². The van der Waals surface area contributed by atoms with Gasteiger partial charge in [0.15, 0.2) is 11.6 Å². The van der Waals surface area contributed by atoms with Crippen LogP contribution in [0, 0.1) is 0 Å². The molecular formula is C28H34F2O2. The summed E-state index contributed by atoms with van der Waals surface area (Å²) in [6.07, 6.45) is 9.85. The Labute approximate surface area is 191 Å². The van der Waals surface area contributed by atoms with Gasteiger partial charge in [0.25, 0.3) is 0 Å². The molecular weight excluding hydrogens is 406 g/mol. The zero-order valence-corrected chi connectivity index (χ0v) is 20.5. The summed E-state index contributed by atoms with van der Waals surface area (Å²) in [5.41, 5.74) is 4.54. The van der Waals surface area contributed by atoms with Crippen LogP contribution in [0.25, 0.3) is 0 Å². The summed E-state index contributed by atoms with van der Waals surface area (Å²) in [6.45, 7) is 20.7. The fourth-order valence-corrected chi connectivity index (χ4v) is 2.09. The van der Waals surface area contributed by atoms with Crippen LogP contribution in [0.5, 0.6) is 0 Å². The lowest BCUT2D eigenvalue weighted by Crippen LogP contribution is -1.94. The quantitative estimate of drug-likeness (QED) is 0.254. The second-order valence-corrected chi connectivity index (χ2v) is 7.80. The van der Waals surface area contributed by atoms with Crippen LogP contribution < -0.4 is 0 Å². The first-order valence-corrected chi connectivity index (χ1v) is 10.2. The molecule has 32 heavy (non-hydrogen) atoms. The van der Waals surface area contributed by atoms with E-state index in [9.17, 15) is 18.4 Å². The maximum atomic E-state index is 14.0. The van der Waals surface area contributed by atoms with E-state index in [1.807, 2.05) is 26.0 Å². The molecule has 0 saturated heterocycles. The highest BCUT2D eigenvalue weighted by Crippen LogP contribution is 2.19. The van der Waals surface area contributed by atoms with E-state index >= 15 is 0 Å². The van der Waals surface area contributed by atoms with Crippen molar-refractivity contribution in [2.75, 3.05) is 0 Å². The van der Waals surface area contributed by atoms with Crippen molar-refractivity contribution in [3.05, 3.63) is 106 Å². The lowest BCUT2D eigenvalue weighted by atomic mass is 10.0. The normalized spacial score (nSPS) is 15.4. The first-order valence-electron chi connectivity index (χ1n) is 10.2. The van der Waals surface area contributed by atoms with Gasteiger partial charge in [-0.1, -0.05) is 37.5 Å². The van der Waals surface area contributed by atoms with Crippen LogP contribution in [0.3, 0.4) is 0 Å². The fraction of sp³-hybridized carbons (Fsp3) is 0.286. The Balaban J connectivity index is 5.45. The number of hydrogen-bond donors (Lipinski definition) is 0. The third-order valence-electron chi connectivity index (χ3n) is 5.16. The molecule has 0 fully saturated rings. The van der Waals surface area contributed by atoms with Gasteiger partial charge >= 0.3 is 0 Å². The molecule has 4 heteroatoms. The zero-order valence-electron chi connectivity index (χ0n) is 20.5. The van der Waals surface area contributed by atoms with Crippen LogP contribution in [0.1, 0.15) is 55.4 Å². The summed E-state index contributed by atoms with van der Waals surface area (Å²) < 4.78 is 28.1. The molecule has 0 spiro atoms. The average Bonchev–Trinajstić information content (AvgIpc) is 2.73. The predicted octanol–water partition coefficient (Wildman–Crippen LogP) is 8.11. The van der Waals surface area contributed by atoms with E-state index in [1.54, 1.807) is 26.0 Å². The first-order chi connectivity index (χ1) is 14.7. The maximum absolute atomic E-state index is 14.0. The van der Waals surface area contributed by atoms with Crippen LogP contribution in [0.4, 0.5) is 8.78 Å². The van der Waals surface area contributed by atoms with E-state index in [-0.39, 0.29) is 22.7 Å². The zero-order chi connectivity index (χ0) is 25.2. The van der Waals surface area contributed by atoms with Crippen LogP contribution in [-0.4, -0.2) is 11.6 Å². The Morgan fingerprint density at radius 3 is 1.31 bits per heavy atom. The van der Waals surface area contributed by atoms with Crippen LogP contribution in [0.2, 0.25) is 0 Å². The van der Waals surface area contributed by atoms with Gasteiger partial charge in [0, 0.05) is 11.1 Å². The van der Waals surface area contributed by atoms with Gasteiger partial charge in [-0.3, -0.25) is 9.59 Å². The number of Topliss-reactive ketones (excluding diaryl/α,β-unsaturated/α-hetero) is 2. The van der Waals surface area contributed by atoms with Crippen molar-refractivity contribution in [3.8, 4) is 0 Å². The third-order valence-corrected chi connectivity index (χ3v) is 5.16. The summed E-state index contributed by atoms with van der Waals surface area (Å²) in [4.78, 5) is 22.5. The molecule has 0 aromatic rings. The number of allylic oxidation sites excluding steroid dienone is 16. The molecule has 0 aliphatic heterocycles. The van der Waals surface area contributed by atoms with E-state index in [0.717, 1.165) is 16.7 Å². The third kappa shape index (κ3) is 9.78. The Morgan fingerprint density at radius 2 is 0.906 bits per heavy atom. The molecule has 0 saturated carbocycles. The number of halogens is 2. The Hall–Kier alpha value is -3.14. The van der Waals surface area contributed by atoms with Crippen molar-refractivity contribution >= 4 is 11.6 Å². The molecule has 0 amide bonds. The summed E-state index contributed by atoms with van der Waals surface area (Å²) in [7, 11) is 0. The minimum atomic E-state index is -0.576. The molecule has 2 nitrogen and oxygen atoms in total. The van der Waals surface area contributed by atoms with Crippen LogP contribution >= 0.6 is 0 Å². The summed E-state index contributed by atoms with van der Waals surface area (Å²) in [6, 6.07) is 0. The van der Waals surface area contributed by atoms with Crippen LogP contribution in [-0.2, 0) is 9.59 Å². The smallest absolute Gasteiger partial charge is 0.158 e. The van der Waals surface area contributed by atoms with Crippen molar-refractivity contribution in [2.45, 2.75) is 55.4 Å². The predicted molar refractivity (Wildman–Crippen MR) is 131 cm³/mol. The van der Waals surface area contributed by atoms with Gasteiger partial charge in [0.1, 0.15) is 11.7 Å². The van der Waals surface area contributed by atoms with E-state index in [2.05, 4.69) is 13.2 Å². The van der Waals surface area contributed by atoms with Gasteiger partial charge in [0.05, 0.1) is 0 Å². The SMILES string of the molecule is C=C(C=CC(=C)C(C)=CC(F)=C(C)C(C)=O)C(C)=CC=C(C)C(C)=CC(F)=C(C)C(C)=O. The summed E-state index contributed by atoms with van der Waals surface area (Å²) in [5, 5.41) is 0. The molecule has 0 aliphatic carbocycles. The molecule has 0 rings (SSSR count). The Kier molecular flexibility index (Phi) is 12.0. The number of rotatable bonds is 10. The van der Waals surface area contributed by atoms with E-state index in [4.69, 9.17) is 0 Å². The molecule has 172 valence electrons. The van der Waals surface area contributed by atoms with Crippen molar-refractivity contribution in [2.24, 2.45) is 0 Å². The molecule has 0 aliphatic rings. The van der Waals surface area contributed by atoms with Crippen LogP contribution in [0.15, 0.2) is 106 Å². The van der Waals surface area contributed by atoms with E-state index < -0.39 is 11.7 Å². The van der Waals surface area contributed by atoms with Gasteiger partial charge in [-0.25, -0.2) is 8.78 Å². The second kappa shape index (κ2) is 13.3. The van der Waals surface area contributed by atoms with Crippen molar-refractivity contribution < 1.29 is 18.4 Å². The molecule has 0 unspecified atom stereocenters. The topological polar surface area (TPSA) is 34.1 Å². The fourth-order valence-electron chi connectivity index (χ4n) is 2.09. The van der Waals surface area contributed by atoms with Crippen molar-refractivity contribution in [1.29, 1.82) is 0 Å². The standard InChI is InChI=1S/C28H34F2O2/c1-17(11-13-19(3)21(5)15-27(29)23(7)25(9)31)18(2)12-14-20(4)22(6)16-28(30)24(8)26(10)32/h11-16H,1,3H2,2,4-10H3. The molecule has 0 bridgehead atoms. The molecule has 0 radical (unpaired) electrons. The van der Waals surface area contributed by atoms with Crippen molar-refractivity contribution in [1.82, 2.24) is 0 Å². The molecule has 0 aromatic heterocycles.